The van der Waals surface area contributed by atoms with E-state index < -0.39 is 10.9 Å². The van der Waals surface area contributed by atoms with Gasteiger partial charge in [-0.2, -0.15) is 0 Å². The van der Waals surface area contributed by atoms with Crippen molar-refractivity contribution < 1.29 is 23.4 Å². The molecule has 4 rings (SSSR count). The number of hydrogen-bond donors (Lipinski definition) is 0. The molecular formula is C22H14Cl2O6S. The van der Waals surface area contributed by atoms with Gasteiger partial charge in [-0.25, -0.2) is 9.59 Å². The van der Waals surface area contributed by atoms with Crippen molar-refractivity contribution in [2.75, 3.05) is 13.7 Å². The minimum Gasteiger partial charge on any atom is -0.497 e. The highest BCUT2D eigenvalue weighted by molar-refractivity contribution is 7.16. The van der Waals surface area contributed by atoms with Gasteiger partial charge in [0.1, 0.15) is 22.8 Å². The summed E-state index contributed by atoms with van der Waals surface area (Å²) in [4.78, 5) is 23.8. The summed E-state index contributed by atoms with van der Waals surface area (Å²) in [6, 6.07) is 15.0. The van der Waals surface area contributed by atoms with Crippen LogP contribution in [0.1, 0.15) is 0 Å². The van der Waals surface area contributed by atoms with Crippen molar-refractivity contribution >= 4 is 50.8 Å². The van der Waals surface area contributed by atoms with Crippen LogP contribution in [0.25, 0.3) is 21.4 Å². The molecule has 0 atom stereocenters. The third-order valence-corrected chi connectivity index (χ3v) is 5.69. The zero-order valence-corrected chi connectivity index (χ0v) is 18.3. The highest BCUT2D eigenvalue weighted by Crippen LogP contribution is 2.39. The summed E-state index contributed by atoms with van der Waals surface area (Å²) >= 11 is 12.9. The molecule has 31 heavy (non-hydrogen) atoms. The van der Waals surface area contributed by atoms with E-state index in [1.54, 1.807) is 55.6 Å². The van der Waals surface area contributed by atoms with Gasteiger partial charge >= 0.3 is 10.9 Å². The zero-order valence-electron chi connectivity index (χ0n) is 16.0. The lowest BCUT2D eigenvalue weighted by Gasteiger charge is -2.12. The van der Waals surface area contributed by atoms with Crippen molar-refractivity contribution in [3.63, 3.8) is 0 Å². The smallest absolute Gasteiger partial charge is 0.396 e. The maximum atomic E-state index is 12.5. The quantitative estimate of drug-likeness (QED) is 0.257. The van der Waals surface area contributed by atoms with E-state index in [-0.39, 0.29) is 17.4 Å². The Bertz CT molecular complexity index is 1310. The van der Waals surface area contributed by atoms with Gasteiger partial charge in [0.2, 0.25) is 0 Å². The molecule has 0 saturated heterocycles. The molecular weight excluding hydrogens is 463 g/mol. The summed E-state index contributed by atoms with van der Waals surface area (Å²) < 4.78 is 22.0. The van der Waals surface area contributed by atoms with Crippen LogP contribution in [0.4, 0.5) is 0 Å². The molecule has 1 aromatic heterocycles. The summed E-state index contributed by atoms with van der Waals surface area (Å²) in [6.45, 7) is -0.372. The average Bonchev–Trinajstić information content (AvgIpc) is 3.13. The Morgan fingerprint density at radius 2 is 1.77 bits per heavy atom. The molecule has 0 saturated carbocycles. The van der Waals surface area contributed by atoms with Gasteiger partial charge in [-0.3, -0.25) is 0 Å². The second-order valence-corrected chi connectivity index (χ2v) is 8.08. The number of esters is 1. The number of benzene rings is 3. The molecule has 4 aromatic rings. The molecule has 9 heteroatoms. The minimum absolute atomic E-state index is 0.269. The highest BCUT2D eigenvalue weighted by Gasteiger charge is 2.18. The first-order chi connectivity index (χ1) is 14.9. The normalized spacial score (nSPS) is 10.8. The third kappa shape index (κ3) is 4.69. The van der Waals surface area contributed by atoms with Crippen LogP contribution in [0.2, 0.25) is 10.0 Å². The first-order valence-corrected chi connectivity index (χ1v) is 10.5. The van der Waals surface area contributed by atoms with E-state index in [0.717, 1.165) is 16.9 Å². The third-order valence-electron chi connectivity index (χ3n) is 4.30. The number of carbonyl (C=O) groups is 1. The van der Waals surface area contributed by atoms with Gasteiger partial charge in [0.25, 0.3) is 0 Å². The van der Waals surface area contributed by atoms with Crippen LogP contribution in [0.5, 0.6) is 17.2 Å². The lowest BCUT2D eigenvalue weighted by Crippen LogP contribution is -2.18. The van der Waals surface area contributed by atoms with Crippen LogP contribution in [-0.4, -0.2) is 19.7 Å². The Hall–Kier alpha value is -3.00. The van der Waals surface area contributed by atoms with E-state index in [1.165, 1.54) is 6.07 Å². The molecule has 3 aromatic carbocycles. The van der Waals surface area contributed by atoms with Crippen LogP contribution in [-0.2, 0) is 4.79 Å². The molecule has 0 amide bonds. The number of methoxy groups -OCH3 is 1. The maximum absolute atomic E-state index is 12.5. The van der Waals surface area contributed by atoms with Gasteiger partial charge in [-0.15, -0.1) is 0 Å². The van der Waals surface area contributed by atoms with Gasteiger partial charge in [-0.1, -0.05) is 46.7 Å². The first kappa shape index (κ1) is 21.2. The number of ether oxygens (including phenoxy) is 3. The topological polar surface area (TPSA) is 75.0 Å². The van der Waals surface area contributed by atoms with Gasteiger partial charge in [0, 0.05) is 10.6 Å². The lowest BCUT2D eigenvalue weighted by atomic mass is 10.0. The molecule has 0 aliphatic rings. The minimum atomic E-state index is -0.643. The van der Waals surface area contributed by atoms with E-state index in [2.05, 4.69) is 0 Å². The van der Waals surface area contributed by atoms with Crippen molar-refractivity contribution in [3.8, 4) is 28.4 Å². The fourth-order valence-corrected chi connectivity index (χ4v) is 4.21. The summed E-state index contributed by atoms with van der Waals surface area (Å²) in [5.41, 5.74) is 1.70. The molecule has 0 fully saturated rings. The second-order valence-electron chi connectivity index (χ2n) is 6.29. The summed E-state index contributed by atoms with van der Waals surface area (Å²) in [7, 11) is 1.57. The van der Waals surface area contributed by atoms with Crippen molar-refractivity contribution in [3.05, 3.63) is 74.4 Å². The molecule has 1 heterocycles. The number of fused-ring (bicyclic) bond motifs is 1. The van der Waals surface area contributed by atoms with Crippen molar-refractivity contribution in [1.82, 2.24) is 0 Å². The second kappa shape index (κ2) is 9.01. The van der Waals surface area contributed by atoms with Gasteiger partial charge in [0.15, 0.2) is 6.61 Å². The molecule has 158 valence electrons. The highest BCUT2D eigenvalue weighted by atomic mass is 35.5. The molecule has 0 unspecified atom stereocenters. The fourth-order valence-electron chi connectivity index (χ4n) is 2.92. The first-order valence-electron chi connectivity index (χ1n) is 8.94. The van der Waals surface area contributed by atoms with E-state index in [9.17, 15) is 9.59 Å². The molecule has 0 bridgehead atoms. The van der Waals surface area contributed by atoms with Crippen LogP contribution in [0.3, 0.4) is 0 Å². The predicted octanol–water partition coefficient (Wildman–Crippen LogP) is 5.82. The Morgan fingerprint density at radius 3 is 2.48 bits per heavy atom. The molecule has 0 N–H and O–H groups in total. The molecule has 0 spiro atoms. The summed E-state index contributed by atoms with van der Waals surface area (Å²) in [5.74, 6) is 0.603. The van der Waals surface area contributed by atoms with Crippen LogP contribution < -0.4 is 19.1 Å². The Labute approximate surface area is 190 Å². The number of rotatable bonds is 6. The van der Waals surface area contributed by atoms with Gasteiger partial charge in [-0.05, 0) is 48.0 Å². The molecule has 0 aliphatic heterocycles. The van der Waals surface area contributed by atoms with Crippen molar-refractivity contribution in [2.45, 2.75) is 0 Å². The molecule has 0 radical (unpaired) electrons. The number of hydrogen-bond acceptors (Lipinski definition) is 7. The summed E-state index contributed by atoms with van der Waals surface area (Å²) in [6.07, 6.45) is 0. The Morgan fingerprint density at radius 1 is 1.03 bits per heavy atom. The number of carbonyl (C=O) groups excluding carboxylic acids is 1. The van der Waals surface area contributed by atoms with E-state index in [1.807, 2.05) is 0 Å². The SMILES string of the molecule is COc1ccc(-c2c(OC(=O)COc3ccc(Cl)cc3Cl)ccc3oc(=O)sc23)cc1. The predicted molar refractivity (Wildman–Crippen MR) is 120 cm³/mol. The van der Waals surface area contributed by atoms with Crippen LogP contribution in [0.15, 0.2) is 63.8 Å². The van der Waals surface area contributed by atoms with Crippen LogP contribution >= 0.6 is 34.5 Å². The zero-order chi connectivity index (χ0) is 22.0. The van der Waals surface area contributed by atoms with E-state index in [4.69, 9.17) is 41.8 Å². The van der Waals surface area contributed by atoms with Gasteiger partial charge < -0.3 is 18.6 Å². The maximum Gasteiger partial charge on any atom is 0.396 e. The van der Waals surface area contributed by atoms with Gasteiger partial charge in [0.05, 0.1) is 16.8 Å². The largest absolute Gasteiger partial charge is 0.497 e. The molecule has 0 aliphatic carbocycles. The summed E-state index contributed by atoms with van der Waals surface area (Å²) in [5, 5.41) is 0.736. The standard InChI is InChI=1S/C22H14Cl2O6S/c1-27-14-5-2-12(3-6-14)20-17(8-9-18-21(20)31-22(26)30-18)29-19(25)11-28-16-7-4-13(23)10-15(16)24/h2-10H,11H2,1H3. The fraction of sp³-hybridized carbons (Fsp3) is 0.0909. The average molecular weight is 477 g/mol. The van der Waals surface area contributed by atoms with Crippen molar-refractivity contribution in [1.29, 1.82) is 0 Å². The number of halogens is 2. The monoisotopic (exact) mass is 476 g/mol. The lowest BCUT2D eigenvalue weighted by molar-refractivity contribution is -0.136. The van der Waals surface area contributed by atoms with E-state index >= 15 is 0 Å². The van der Waals surface area contributed by atoms with E-state index in [0.29, 0.717) is 32.4 Å². The Balaban J connectivity index is 1.63. The van der Waals surface area contributed by atoms with Crippen molar-refractivity contribution in [2.24, 2.45) is 0 Å². The molecule has 6 nitrogen and oxygen atoms in total. The van der Waals surface area contributed by atoms with Crippen LogP contribution in [0, 0.1) is 0 Å². The Kier molecular flexibility index (Phi) is 6.18.